The molecule has 0 saturated carbocycles. The lowest BCUT2D eigenvalue weighted by Gasteiger charge is -1.97. The largest absolute Gasteiger partial charge is 0.480 e. The van der Waals surface area contributed by atoms with Crippen molar-refractivity contribution in [3.8, 4) is 0 Å². The quantitative estimate of drug-likeness (QED) is 0.198. The summed E-state index contributed by atoms with van der Waals surface area (Å²) in [5.41, 5.74) is 6.84. The maximum Gasteiger partial charge on any atom is 0.324 e. The van der Waals surface area contributed by atoms with Gasteiger partial charge in [0.25, 0.3) is 0 Å². The predicted molar refractivity (Wildman–Crippen MR) is 35.0 cm³/mol. The van der Waals surface area contributed by atoms with E-state index < -0.39 is 12.0 Å². The van der Waals surface area contributed by atoms with E-state index in [0.29, 0.717) is 6.41 Å². The molecule has 0 heterocycles. The molecule has 0 bridgehead atoms. The summed E-state index contributed by atoms with van der Waals surface area (Å²) in [5.74, 6) is -1.17. The number of aliphatic carboxylic acids is 1. The first-order valence-electron chi connectivity index (χ1n) is 2.68. The minimum Gasteiger partial charge on any atom is -0.480 e. The molecule has 0 aromatic carbocycles. The fourth-order valence-corrected chi connectivity index (χ4v) is 0.273. The number of carboxylic acids is 1. The number of hydrogen-bond acceptors (Lipinski definition) is 4. The number of amides is 1. The van der Waals surface area contributed by atoms with Crippen LogP contribution in [0.25, 0.3) is 0 Å². The molecule has 0 aliphatic rings. The summed E-state index contributed by atoms with van der Waals surface area (Å²) in [4.78, 5) is 23.9. The van der Waals surface area contributed by atoms with E-state index in [1.807, 2.05) is 5.48 Å². The number of hydroxylamine groups is 1. The van der Waals surface area contributed by atoms with Crippen molar-refractivity contribution in [1.82, 2.24) is 5.48 Å². The van der Waals surface area contributed by atoms with Crippen LogP contribution in [0.5, 0.6) is 0 Å². The standard InChI is InChI=1S/C5H8N2O4/c6-4(5(9)10)1-2-11-7-3-8/h1-4H,6H2,(H,7,8)(H,9,10)/b2-1+/t4-/m0/s1. The van der Waals surface area contributed by atoms with Gasteiger partial charge in [-0.1, -0.05) is 0 Å². The van der Waals surface area contributed by atoms with Crippen LogP contribution in [0.15, 0.2) is 12.3 Å². The Morgan fingerprint density at radius 2 is 2.36 bits per heavy atom. The monoisotopic (exact) mass is 160 g/mol. The highest BCUT2D eigenvalue weighted by molar-refractivity contribution is 5.75. The molecule has 0 aromatic rings. The highest BCUT2D eigenvalue weighted by Gasteiger charge is 2.05. The zero-order valence-electron chi connectivity index (χ0n) is 5.56. The minimum absolute atomic E-state index is 0.302. The third-order valence-electron chi connectivity index (χ3n) is 0.755. The Hall–Kier alpha value is -1.56. The minimum atomic E-state index is -1.17. The topological polar surface area (TPSA) is 102 Å². The van der Waals surface area contributed by atoms with Crippen LogP contribution < -0.4 is 11.2 Å². The van der Waals surface area contributed by atoms with Gasteiger partial charge in [-0.3, -0.25) is 9.59 Å². The molecular weight excluding hydrogens is 152 g/mol. The Morgan fingerprint density at radius 1 is 1.73 bits per heavy atom. The van der Waals surface area contributed by atoms with Crippen molar-refractivity contribution < 1.29 is 19.5 Å². The lowest BCUT2D eigenvalue weighted by Crippen LogP contribution is -2.27. The molecule has 0 radical (unpaired) electrons. The smallest absolute Gasteiger partial charge is 0.324 e. The van der Waals surface area contributed by atoms with Crippen LogP contribution in [0.2, 0.25) is 0 Å². The molecule has 0 aliphatic heterocycles. The number of nitrogens with one attached hydrogen (secondary N) is 1. The maximum atomic E-state index is 10.0. The van der Waals surface area contributed by atoms with E-state index in [4.69, 9.17) is 10.8 Å². The van der Waals surface area contributed by atoms with Gasteiger partial charge in [-0.25, -0.2) is 0 Å². The summed E-state index contributed by atoms with van der Waals surface area (Å²) in [6.07, 6.45) is 2.36. The summed E-state index contributed by atoms with van der Waals surface area (Å²) < 4.78 is 0. The van der Waals surface area contributed by atoms with Crippen molar-refractivity contribution in [2.75, 3.05) is 0 Å². The average molecular weight is 160 g/mol. The van der Waals surface area contributed by atoms with Gasteiger partial charge in [-0.15, -0.1) is 0 Å². The molecule has 1 atom stereocenters. The van der Waals surface area contributed by atoms with Crippen molar-refractivity contribution in [2.45, 2.75) is 6.04 Å². The molecule has 0 saturated heterocycles. The highest BCUT2D eigenvalue weighted by Crippen LogP contribution is 1.81. The first-order chi connectivity index (χ1) is 5.18. The van der Waals surface area contributed by atoms with Crippen molar-refractivity contribution in [3.63, 3.8) is 0 Å². The number of carboxylic acid groups (broad SMARTS) is 1. The molecule has 0 aromatic heterocycles. The fourth-order valence-electron chi connectivity index (χ4n) is 0.273. The van der Waals surface area contributed by atoms with Crippen molar-refractivity contribution >= 4 is 12.4 Å². The molecule has 0 spiro atoms. The van der Waals surface area contributed by atoms with Crippen molar-refractivity contribution in [2.24, 2.45) is 5.73 Å². The van der Waals surface area contributed by atoms with E-state index in [1.54, 1.807) is 0 Å². The third kappa shape index (κ3) is 4.91. The van der Waals surface area contributed by atoms with Gasteiger partial charge in [-0.05, 0) is 6.08 Å². The van der Waals surface area contributed by atoms with Crippen molar-refractivity contribution in [3.05, 3.63) is 12.3 Å². The van der Waals surface area contributed by atoms with E-state index in [2.05, 4.69) is 4.84 Å². The number of carbonyl (C=O) groups is 2. The van der Waals surface area contributed by atoms with E-state index in [0.717, 1.165) is 12.3 Å². The Kier molecular flexibility index (Phi) is 4.50. The van der Waals surface area contributed by atoms with Crippen LogP contribution in [0, 0.1) is 0 Å². The van der Waals surface area contributed by atoms with Gasteiger partial charge >= 0.3 is 5.97 Å². The van der Waals surface area contributed by atoms with Gasteiger partial charge in [0.05, 0.1) is 0 Å². The Bertz CT molecular complexity index is 168. The second-order valence-corrected chi connectivity index (χ2v) is 1.55. The second kappa shape index (κ2) is 5.24. The second-order valence-electron chi connectivity index (χ2n) is 1.55. The van der Waals surface area contributed by atoms with Crippen LogP contribution in [0.1, 0.15) is 0 Å². The number of carbonyl (C=O) groups excluding carboxylic acids is 1. The molecular formula is C5H8N2O4. The van der Waals surface area contributed by atoms with Gasteiger partial charge in [0.15, 0.2) is 0 Å². The molecule has 0 unspecified atom stereocenters. The predicted octanol–water partition coefficient (Wildman–Crippen LogP) is -1.41. The molecule has 6 nitrogen and oxygen atoms in total. The van der Waals surface area contributed by atoms with E-state index in [1.165, 1.54) is 0 Å². The summed E-state index contributed by atoms with van der Waals surface area (Å²) in [7, 11) is 0. The first-order valence-corrected chi connectivity index (χ1v) is 2.68. The maximum absolute atomic E-state index is 10.0. The Labute approximate surface area is 62.6 Å². The van der Waals surface area contributed by atoms with Crippen LogP contribution >= 0.6 is 0 Å². The zero-order valence-corrected chi connectivity index (χ0v) is 5.56. The van der Waals surface area contributed by atoms with Gasteiger partial charge in [0.1, 0.15) is 12.3 Å². The molecule has 11 heavy (non-hydrogen) atoms. The molecule has 0 aliphatic carbocycles. The molecule has 0 rings (SSSR count). The van der Waals surface area contributed by atoms with Crippen LogP contribution in [0.3, 0.4) is 0 Å². The van der Waals surface area contributed by atoms with E-state index in [9.17, 15) is 9.59 Å². The van der Waals surface area contributed by atoms with E-state index in [-0.39, 0.29) is 0 Å². The molecule has 6 heteroatoms. The number of rotatable bonds is 5. The summed E-state index contributed by atoms with van der Waals surface area (Å²) in [6.45, 7) is 0. The van der Waals surface area contributed by atoms with Crippen LogP contribution in [0.4, 0.5) is 0 Å². The Balaban J connectivity index is 3.56. The van der Waals surface area contributed by atoms with E-state index >= 15 is 0 Å². The van der Waals surface area contributed by atoms with Gasteiger partial charge < -0.3 is 15.7 Å². The first kappa shape index (κ1) is 9.44. The van der Waals surface area contributed by atoms with Crippen molar-refractivity contribution in [1.29, 1.82) is 0 Å². The fraction of sp³-hybridized carbons (Fsp3) is 0.200. The summed E-state index contributed by atoms with van der Waals surface area (Å²) in [6, 6.07) is -1.12. The number of hydrogen-bond donors (Lipinski definition) is 3. The van der Waals surface area contributed by atoms with Gasteiger partial charge in [0, 0.05) is 0 Å². The van der Waals surface area contributed by atoms with Gasteiger partial charge in [-0.2, -0.15) is 5.48 Å². The molecule has 62 valence electrons. The SMILES string of the molecule is N[C@@H](/C=C/ONC=O)C(=O)O. The molecule has 1 amide bonds. The Morgan fingerprint density at radius 3 is 2.82 bits per heavy atom. The van der Waals surface area contributed by atoms with Gasteiger partial charge in [0.2, 0.25) is 6.41 Å². The summed E-state index contributed by atoms with van der Waals surface area (Å²) in [5, 5.41) is 8.22. The summed E-state index contributed by atoms with van der Waals surface area (Å²) >= 11 is 0. The third-order valence-corrected chi connectivity index (χ3v) is 0.755. The zero-order chi connectivity index (χ0) is 8.69. The molecule has 4 N–H and O–H groups in total. The van der Waals surface area contributed by atoms with Crippen LogP contribution in [-0.4, -0.2) is 23.5 Å². The normalized spacial score (nSPS) is 12.5. The lowest BCUT2D eigenvalue weighted by atomic mass is 10.3. The lowest BCUT2D eigenvalue weighted by molar-refractivity contribution is -0.137. The average Bonchev–Trinajstić information content (AvgIpc) is 1.97. The molecule has 0 fully saturated rings. The number of nitrogens with two attached hydrogens (primary N) is 1. The highest BCUT2D eigenvalue weighted by atomic mass is 16.6. The van der Waals surface area contributed by atoms with Crippen LogP contribution in [-0.2, 0) is 14.4 Å².